The van der Waals surface area contributed by atoms with E-state index >= 15 is 0 Å². The molecule has 2 aliphatic rings. The Morgan fingerprint density at radius 1 is 0.968 bits per heavy atom. The van der Waals surface area contributed by atoms with Gasteiger partial charge < -0.3 is 15.1 Å². The summed E-state index contributed by atoms with van der Waals surface area (Å²) in [6.45, 7) is 3.89. The predicted molar refractivity (Wildman–Crippen MR) is 127 cm³/mol. The van der Waals surface area contributed by atoms with E-state index in [9.17, 15) is 4.79 Å². The number of benzene rings is 2. The van der Waals surface area contributed by atoms with Crippen LogP contribution in [-0.4, -0.2) is 59.8 Å². The van der Waals surface area contributed by atoms with E-state index in [0.717, 1.165) is 60.3 Å². The fourth-order valence-electron chi connectivity index (χ4n) is 4.40. The first-order valence-electron chi connectivity index (χ1n) is 10.5. The Kier molecular flexibility index (Phi) is 6.60. The van der Waals surface area contributed by atoms with Crippen LogP contribution in [-0.2, 0) is 4.79 Å². The molecule has 0 saturated carbocycles. The first-order chi connectivity index (χ1) is 14.7. The zero-order valence-electron chi connectivity index (χ0n) is 17.1. The Balaban J connectivity index is 0.00000231. The zero-order valence-corrected chi connectivity index (χ0v) is 18.7. The Labute approximate surface area is 193 Å². The van der Waals surface area contributed by atoms with Gasteiger partial charge in [0.15, 0.2) is 5.82 Å². The van der Waals surface area contributed by atoms with Gasteiger partial charge in [-0.2, -0.15) is 0 Å². The molecule has 0 spiro atoms. The van der Waals surface area contributed by atoms with Gasteiger partial charge in [-0.15, -0.1) is 22.6 Å². The van der Waals surface area contributed by atoms with Crippen LogP contribution in [0.3, 0.4) is 0 Å². The molecule has 1 N–H and O–H groups in total. The molecular formula is C23H25Cl2N5O. The van der Waals surface area contributed by atoms with Crippen LogP contribution in [0.1, 0.15) is 12.8 Å². The van der Waals surface area contributed by atoms with Gasteiger partial charge in [-0.1, -0.05) is 48.0 Å². The molecule has 1 unspecified atom stereocenters. The second-order valence-electron chi connectivity index (χ2n) is 7.89. The molecule has 0 aliphatic carbocycles. The number of halogens is 2. The van der Waals surface area contributed by atoms with Crippen molar-refractivity contribution >= 4 is 46.5 Å². The van der Waals surface area contributed by atoms with Crippen LogP contribution in [0.15, 0.2) is 48.5 Å². The molecule has 6 nitrogen and oxygen atoms in total. The molecule has 0 bridgehead atoms. The number of carbonyl (C=O) groups excluding carboxylic acids is 1. The van der Waals surface area contributed by atoms with Crippen molar-refractivity contribution in [2.75, 3.05) is 37.6 Å². The van der Waals surface area contributed by atoms with E-state index < -0.39 is 0 Å². The second kappa shape index (κ2) is 9.39. The number of hydrogen-bond acceptors (Lipinski definition) is 5. The highest BCUT2D eigenvalue weighted by molar-refractivity contribution is 6.30. The van der Waals surface area contributed by atoms with Crippen LogP contribution in [0.5, 0.6) is 0 Å². The summed E-state index contributed by atoms with van der Waals surface area (Å²) in [6.07, 6.45) is 2.03. The van der Waals surface area contributed by atoms with Crippen LogP contribution in [0.4, 0.5) is 5.82 Å². The van der Waals surface area contributed by atoms with E-state index in [4.69, 9.17) is 11.6 Å². The largest absolute Gasteiger partial charge is 0.351 e. The molecule has 3 heterocycles. The number of amides is 1. The lowest BCUT2D eigenvalue weighted by atomic mass is 10.0. The summed E-state index contributed by atoms with van der Waals surface area (Å²) >= 11 is 6.05. The first-order valence-corrected chi connectivity index (χ1v) is 10.9. The van der Waals surface area contributed by atoms with Gasteiger partial charge in [0.05, 0.1) is 6.04 Å². The van der Waals surface area contributed by atoms with Crippen LogP contribution in [0.25, 0.3) is 22.0 Å². The Morgan fingerprint density at radius 3 is 2.35 bits per heavy atom. The summed E-state index contributed by atoms with van der Waals surface area (Å²) in [4.78, 5) is 16.9. The topological polar surface area (TPSA) is 61.4 Å². The summed E-state index contributed by atoms with van der Waals surface area (Å²) in [5.41, 5.74) is 1.85. The van der Waals surface area contributed by atoms with Crippen LogP contribution >= 0.6 is 24.0 Å². The van der Waals surface area contributed by atoms with Crippen molar-refractivity contribution in [3.8, 4) is 11.3 Å². The van der Waals surface area contributed by atoms with Crippen LogP contribution < -0.4 is 10.2 Å². The molecule has 2 fully saturated rings. The third-order valence-corrected chi connectivity index (χ3v) is 6.29. The SMILES string of the molecule is Cl.O=C(C1CCCN1)N1CCN(c2nnc(-c3ccc(Cl)cc3)c3ccccc23)CC1. The van der Waals surface area contributed by atoms with Gasteiger partial charge in [-0.05, 0) is 31.5 Å². The number of carbonyl (C=O) groups is 1. The molecule has 31 heavy (non-hydrogen) atoms. The number of anilines is 1. The molecule has 1 aromatic heterocycles. The molecule has 1 amide bonds. The van der Waals surface area contributed by atoms with Gasteiger partial charge in [0.1, 0.15) is 5.69 Å². The monoisotopic (exact) mass is 457 g/mol. The van der Waals surface area contributed by atoms with Crippen molar-refractivity contribution in [2.45, 2.75) is 18.9 Å². The van der Waals surface area contributed by atoms with Gasteiger partial charge in [-0.25, -0.2) is 0 Å². The van der Waals surface area contributed by atoms with E-state index in [1.807, 2.05) is 41.3 Å². The Morgan fingerprint density at radius 2 is 1.68 bits per heavy atom. The summed E-state index contributed by atoms with van der Waals surface area (Å²) in [7, 11) is 0. The maximum absolute atomic E-state index is 12.7. The van der Waals surface area contributed by atoms with Crippen molar-refractivity contribution in [3.63, 3.8) is 0 Å². The highest BCUT2D eigenvalue weighted by atomic mass is 35.5. The molecule has 5 rings (SSSR count). The number of fused-ring (bicyclic) bond motifs is 1. The van der Waals surface area contributed by atoms with E-state index in [1.165, 1.54) is 0 Å². The maximum atomic E-state index is 12.7. The van der Waals surface area contributed by atoms with Crippen LogP contribution in [0, 0.1) is 0 Å². The molecule has 3 aromatic rings. The minimum absolute atomic E-state index is 0. The van der Waals surface area contributed by atoms with E-state index in [-0.39, 0.29) is 24.4 Å². The lowest BCUT2D eigenvalue weighted by molar-refractivity contribution is -0.133. The summed E-state index contributed by atoms with van der Waals surface area (Å²) < 4.78 is 0. The van der Waals surface area contributed by atoms with E-state index in [1.54, 1.807) is 0 Å². The molecule has 8 heteroatoms. The number of aromatic nitrogens is 2. The van der Waals surface area contributed by atoms with E-state index in [0.29, 0.717) is 18.1 Å². The highest BCUT2D eigenvalue weighted by Gasteiger charge is 2.30. The van der Waals surface area contributed by atoms with Crippen molar-refractivity contribution in [1.29, 1.82) is 0 Å². The van der Waals surface area contributed by atoms with E-state index in [2.05, 4.69) is 32.5 Å². The quantitative estimate of drug-likeness (QED) is 0.648. The minimum atomic E-state index is -0.00386. The standard InChI is InChI=1S/C23H24ClN5O.ClH/c24-17-9-7-16(8-10-17)21-18-4-1-2-5-19(18)22(27-26-21)28-12-14-29(15-13-28)23(30)20-6-3-11-25-20;/h1-2,4-5,7-10,20,25H,3,6,11-15H2;1H. The smallest absolute Gasteiger partial charge is 0.239 e. The van der Waals surface area contributed by atoms with Gasteiger partial charge >= 0.3 is 0 Å². The molecule has 2 saturated heterocycles. The zero-order chi connectivity index (χ0) is 20.5. The lowest BCUT2D eigenvalue weighted by Crippen LogP contribution is -2.53. The van der Waals surface area contributed by atoms with Gasteiger partial charge in [0, 0.05) is 47.5 Å². The molecular weight excluding hydrogens is 433 g/mol. The number of nitrogens with one attached hydrogen (secondary N) is 1. The summed E-state index contributed by atoms with van der Waals surface area (Å²) in [5.74, 6) is 1.12. The average Bonchev–Trinajstić information content (AvgIpc) is 3.34. The van der Waals surface area contributed by atoms with Crippen molar-refractivity contribution in [2.24, 2.45) is 0 Å². The van der Waals surface area contributed by atoms with Gasteiger partial charge in [0.25, 0.3) is 0 Å². The number of piperazine rings is 1. The predicted octanol–water partition coefficient (Wildman–Crippen LogP) is 3.77. The number of rotatable bonds is 3. The van der Waals surface area contributed by atoms with Crippen molar-refractivity contribution in [3.05, 3.63) is 53.6 Å². The molecule has 2 aliphatic heterocycles. The average molecular weight is 458 g/mol. The lowest BCUT2D eigenvalue weighted by Gasteiger charge is -2.36. The van der Waals surface area contributed by atoms with Crippen molar-refractivity contribution in [1.82, 2.24) is 20.4 Å². The minimum Gasteiger partial charge on any atom is -0.351 e. The van der Waals surface area contributed by atoms with Gasteiger partial charge in [0.2, 0.25) is 5.91 Å². The summed E-state index contributed by atoms with van der Waals surface area (Å²) in [6, 6.07) is 15.9. The molecule has 0 radical (unpaired) electrons. The Hall–Kier alpha value is -2.41. The normalized spacial score (nSPS) is 18.8. The highest BCUT2D eigenvalue weighted by Crippen LogP contribution is 2.32. The van der Waals surface area contributed by atoms with Gasteiger partial charge in [-0.3, -0.25) is 4.79 Å². The Bertz CT molecular complexity index is 1060. The molecule has 1 atom stereocenters. The fourth-order valence-corrected chi connectivity index (χ4v) is 4.52. The fraction of sp³-hybridized carbons (Fsp3) is 0.348. The number of nitrogens with zero attached hydrogens (tertiary/aromatic N) is 4. The second-order valence-corrected chi connectivity index (χ2v) is 8.32. The number of hydrogen-bond donors (Lipinski definition) is 1. The third-order valence-electron chi connectivity index (χ3n) is 6.03. The van der Waals surface area contributed by atoms with Crippen LogP contribution in [0.2, 0.25) is 5.02 Å². The maximum Gasteiger partial charge on any atom is 0.239 e. The molecule has 2 aromatic carbocycles. The third kappa shape index (κ3) is 4.33. The van der Waals surface area contributed by atoms with Crippen molar-refractivity contribution < 1.29 is 4.79 Å². The first kappa shape index (κ1) is 21.8. The summed E-state index contributed by atoms with van der Waals surface area (Å²) in [5, 5.41) is 15.3. The molecule has 162 valence electrons.